The third-order valence-corrected chi connectivity index (χ3v) is 4.83. The maximum Gasteiger partial charge on any atom is 0.252 e. The monoisotopic (exact) mass is 302 g/mol. The Bertz CT molecular complexity index is 724. The topological polar surface area (TPSA) is 80.0 Å². The minimum atomic E-state index is -0.230. The Morgan fingerprint density at radius 2 is 2.36 bits per heavy atom. The van der Waals surface area contributed by atoms with Gasteiger partial charge in [0.15, 0.2) is 5.65 Å². The summed E-state index contributed by atoms with van der Waals surface area (Å²) in [6.07, 6.45) is 4.55. The zero-order chi connectivity index (χ0) is 15.9. The Labute approximate surface area is 129 Å². The minimum Gasteiger partial charge on any atom is -0.396 e. The number of hydrogen-bond donors (Lipinski definition) is 2. The number of aliphatic hydroxyl groups excluding tert-OH is 1. The number of aryl methyl sites for hydroxylation is 2. The molecule has 2 aromatic heterocycles. The summed E-state index contributed by atoms with van der Waals surface area (Å²) in [4.78, 5) is 17.2. The molecular formula is C16H22N4O2. The van der Waals surface area contributed by atoms with Crippen LogP contribution in [0.25, 0.3) is 11.0 Å². The highest BCUT2D eigenvalue weighted by atomic mass is 16.3. The van der Waals surface area contributed by atoms with Gasteiger partial charge in [-0.1, -0.05) is 13.3 Å². The lowest BCUT2D eigenvalue weighted by Crippen LogP contribution is -2.44. The first-order valence-electron chi connectivity index (χ1n) is 7.66. The lowest BCUT2D eigenvalue weighted by Gasteiger charge is -2.30. The van der Waals surface area contributed by atoms with E-state index in [9.17, 15) is 9.90 Å². The molecule has 0 aliphatic heterocycles. The summed E-state index contributed by atoms with van der Waals surface area (Å²) >= 11 is 0. The van der Waals surface area contributed by atoms with Crippen molar-refractivity contribution in [2.24, 2.45) is 12.5 Å². The van der Waals surface area contributed by atoms with Crippen LogP contribution in [0.1, 0.15) is 42.2 Å². The Morgan fingerprint density at radius 1 is 1.59 bits per heavy atom. The van der Waals surface area contributed by atoms with E-state index >= 15 is 0 Å². The molecule has 22 heavy (non-hydrogen) atoms. The summed E-state index contributed by atoms with van der Waals surface area (Å²) in [7, 11) is 1.82. The molecule has 1 amide bonds. The quantitative estimate of drug-likeness (QED) is 0.901. The molecule has 1 saturated carbocycles. The number of carbonyl (C=O) groups is 1. The molecule has 118 valence electrons. The van der Waals surface area contributed by atoms with Crippen LogP contribution in [0, 0.1) is 12.3 Å². The second kappa shape index (κ2) is 5.35. The molecule has 0 saturated heterocycles. The molecule has 0 radical (unpaired) electrons. The van der Waals surface area contributed by atoms with Gasteiger partial charge in [-0.15, -0.1) is 0 Å². The van der Waals surface area contributed by atoms with Crippen molar-refractivity contribution in [1.29, 1.82) is 0 Å². The molecule has 0 aromatic carbocycles. The number of nitrogens with zero attached hydrogens (tertiary/aromatic N) is 3. The Morgan fingerprint density at radius 3 is 3.09 bits per heavy atom. The Hall–Kier alpha value is -1.95. The molecule has 2 atom stereocenters. The van der Waals surface area contributed by atoms with Crippen LogP contribution in [0.4, 0.5) is 0 Å². The molecular weight excluding hydrogens is 280 g/mol. The molecule has 6 nitrogen and oxygen atoms in total. The van der Waals surface area contributed by atoms with E-state index < -0.39 is 0 Å². The maximum atomic E-state index is 12.7. The number of carbonyl (C=O) groups excluding carboxylic acids is 1. The Kier molecular flexibility index (Phi) is 3.64. The maximum absolute atomic E-state index is 12.7. The molecule has 0 bridgehead atoms. The van der Waals surface area contributed by atoms with Crippen LogP contribution in [0.3, 0.4) is 0 Å². The highest BCUT2D eigenvalue weighted by Crippen LogP contribution is 2.37. The van der Waals surface area contributed by atoms with Crippen LogP contribution in [-0.4, -0.2) is 38.4 Å². The lowest BCUT2D eigenvalue weighted by atomic mass is 9.85. The number of aromatic nitrogens is 3. The molecule has 2 N–H and O–H groups in total. The number of fused-ring (bicyclic) bond motifs is 1. The fourth-order valence-electron chi connectivity index (χ4n) is 3.33. The molecule has 2 aromatic rings. The van der Waals surface area contributed by atoms with Crippen LogP contribution in [-0.2, 0) is 7.05 Å². The van der Waals surface area contributed by atoms with E-state index in [1.165, 1.54) is 0 Å². The zero-order valence-corrected chi connectivity index (χ0v) is 13.3. The predicted molar refractivity (Wildman–Crippen MR) is 83.5 cm³/mol. The third kappa shape index (κ3) is 2.37. The summed E-state index contributed by atoms with van der Waals surface area (Å²) in [5.74, 6) is -0.116. The SMILES string of the molecule is Cc1cc(C(=O)NC2CCCC2(C)CO)c2cnn(C)c2n1. The minimum absolute atomic E-state index is 0.00481. The van der Waals surface area contributed by atoms with Gasteiger partial charge in [0, 0.05) is 24.2 Å². The Balaban J connectivity index is 1.93. The van der Waals surface area contributed by atoms with E-state index in [4.69, 9.17) is 0 Å². The zero-order valence-electron chi connectivity index (χ0n) is 13.3. The number of amides is 1. The predicted octanol–water partition coefficient (Wildman–Crippen LogP) is 1.56. The second-order valence-electron chi connectivity index (χ2n) is 6.55. The standard InChI is InChI=1S/C16H22N4O2/c1-10-7-11(12-8-17-20(3)14(12)18-10)15(22)19-13-5-4-6-16(13,2)9-21/h7-8,13,21H,4-6,9H2,1-3H3,(H,19,22). The van der Waals surface area contributed by atoms with E-state index in [1.807, 2.05) is 20.9 Å². The normalized spacial score (nSPS) is 24.8. The first kappa shape index (κ1) is 15.0. The first-order valence-corrected chi connectivity index (χ1v) is 7.66. The second-order valence-corrected chi connectivity index (χ2v) is 6.55. The highest BCUT2D eigenvalue weighted by molar-refractivity contribution is 6.05. The van der Waals surface area contributed by atoms with Crippen molar-refractivity contribution in [3.8, 4) is 0 Å². The average Bonchev–Trinajstić information content (AvgIpc) is 3.03. The molecule has 2 unspecified atom stereocenters. The van der Waals surface area contributed by atoms with Gasteiger partial charge >= 0.3 is 0 Å². The molecule has 1 fully saturated rings. The van der Waals surface area contributed by atoms with E-state index in [2.05, 4.69) is 15.4 Å². The first-order chi connectivity index (χ1) is 10.4. The van der Waals surface area contributed by atoms with Gasteiger partial charge in [0.25, 0.3) is 5.91 Å². The summed E-state index contributed by atoms with van der Waals surface area (Å²) in [5, 5.41) is 17.7. The fourth-order valence-corrected chi connectivity index (χ4v) is 3.33. The molecule has 6 heteroatoms. The molecule has 0 spiro atoms. The van der Waals surface area contributed by atoms with Crippen molar-refractivity contribution in [3.63, 3.8) is 0 Å². The van der Waals surface area contributed by atoms with Crippen LogP contribution in [0.5, 0.6) is 0 Å². The van der Waals surface area contributed by atoms with Crippen LogP contribution in [0.15, 0.2) is 12.3 Å². The largest absolute Gasteiger partial charge is 0.396 e. The van der Waals surface area contributed by atoms with Crippen LogP contribution < -0.4 is 5.32 Å². The van der Waals surface area contributed by atoms with E-state index in [1.54, 1.807) is 16.9 Å². The van der Waals surface area contributed by atoms with Crippen molar-refractivity contribution in [1.82, 2.24) is 20.1 Å². The fraction of sp³-hybridized carbons (Fsp3) is 0.562. The summed E-state index contributed by atoms with van der Waals surface area (Å²) in [5.41, 5.74) is 1.87. The summed E-state index contributed by atoms with van der Waals surface area (Å²) in [6.45, 7) is 3.99. The van der Waals surface area contributed by atoms with E-state index in [0.29, 0.717) is 11.2 Å². The van der Waals surface area contributed by atoms with Crippen molar-refractivity contribution < 1.29 is 9.90 Å². The number of aliphatic hydroxyl groups is 1. The molecule has 2 heterocycles. The van der Waals surface area contributed by atoms with Crippen LogP contribution >= 0.6 is 0 Å². The number of rotatable bonds is 3. The summed E-state index contributed by atoms with van der Waals surface area (Å²) in [6, 6.07) is 1.80. The van der Waals surface area contributed by atoms with Gasteiger partial charge < -0.3 is 10.4 Å². The lowest BCUT2D eigenvalue weighted by molar-refractivity contribution is 0.0832. The molecule has 3 rings (SSSR count). The smallest absolute Gasteiger partial charge is 0.252 e. The van der Waals surface area contributed by atoms with Gasteiger partial charge in [-0.2, -0.15) is 5.10 Å². The molecule has 1 aliphatic carbocycles. The number of pyridine rings is 1. The highest BCUT2D eigenvalue weighted by Gasteiger charge is 2.39. The average molecular weight is 302 g/mol. The van der Waals surface area contributed by atoms with Crippen LogP contribution in [0.2, 0.25) is 0 Å². The van der Waals surface area contributed by atoms with Gasteiger partial charge in [0.05, 0.1) is 23.8 Å². The van der Waals surface area contributed by atoms with Crippen molar-refractivity contribution in [2.45, 2.75) is 39.2 Å². The summed E-state index contributed by atoms with van der Waals surface area (Å²) < 4.78 is 1.67. The third-order valence-electron chi connectivity index (χ3n) is 4.83. The van der Waals surface area contributed by atoms with Crippen molar-refractivity contribution in [3.05, 3.63) is 23.5 Å². The van der Waals surface area contributed by atoms with E-state index in [-0.39, 0.29) is 24.0 Å². The van der Waals surface area contributed by atoms with Gasteiger partial charge in [-0.3, -0.25) is 9.48 Å². The number of hydrogen-bond acceptors (Lipinski definition) is 4. The van der Waals surface area contributed by atoms with Crippen molar-refractivity contribution in [2.75, 3.05) is 6.61 Å². The van der Waals surface area contributed by atoms with Gasteiger partial charge in [0.1, 0.15) is 0 Å². The van der Waals surface area contributed by atoms with Gasteiger partial charge in [-0.25, -0.2) is 4.98 Å². The van der Waals surface area contributed by atoms with E-state index in [0.717, 1.165) is 30.3 Å². The number of nitrogens with one attached hydrogen (secondary N) is 1. The van der Waals surface area contributed by atoms with Gasteiger partial charge in [0.2, 0.25) is 0 Å². The van der Waals surface area contributed by atoms with Gasteiger partial charge in [-0.05, 0) is 25.8 Å². The van der Waals surface area contributed by atoms with Crippen molar-refractivity contribution >= 4 is 16.9 Å². The molecule has 1 aliphatic rings.